The Morgan fingerprint density at radius 3 is 2.57 bits per heavy atom. The van der Waals surface area contributed by atoms with E-state index in [1.54, 1.807) is 19.2 Å². The van der Waals surface area contributed by atoms with Crippen LogP contribution in [-0.2, 0) is 16.6 Å². The lowest BCUT2D eigenvalue weighted by atomic mass is 10.2. The number of nitrogens with one attached hydrogen (secondary N) is 1. The van der Waals surface area contributed by atoms with E-state index in [0.717, 1.165) is 11.3 Å². The maximum Gasteiger partial charge on any atom is 0.240 e. The summed E-state index contributed by atoms with van der Waals surface area (Å²) in [6, 6.07) is 12.2. The van der Waals surface area contributed by atoms with Crippen molar-refractivity contribution in [3.63, 3.8) is 0 Å². The predicted molar refractivity (Wildman–Crippen MR) is 82.5 cm³/mol. The van der Waals surface area contributed by atoms with Crippen LogP contribution in [-0.4, -0.2) is 15.5 Å². The summed E-state index contributed by atoms with van der Waals surface area (Å²) in [6.45, 7) is 0.482. The standard InChI is InChI=1S/C14H17N3O3S/c1-20-11-5-2-4-10(8-11)9-17-12-6-3-7-13(14(12)15)21(16,18)19/h2-8,17H,9,15H2,1H3,(H2,16,18,19). The van der Waals surface area contributed by atoms with Crippen LogP contribution in [0.25, 0.3) is 0 Å². The quantitative estimate of drug-likeness (QED) is 0.726. The first kappa shape index (κ1) is 15.1. The average Bonchev–Trinajstić information content (AvgIpc) is 2.45. The predicted octanol–water partition coefficient (Wildman–Crippen LogP) is 1.54. The summed E-state index contributed by atoms with van der Waals surface area (Å²) in [7, 11) is -2.24. The van der Waals surface area contributed by atoms with Gasteiger partial charge in [-0.25, -0.2) is 13.6 Å². The van der Waals surface area contributed by atoms with Crippen molar-refractivity contribution < 1.29 is 13.2 Å². The molecule has 0 saturated carbocycles. The second-order valence-corrected chi connectivity index (χ2v) is 6.00. The number of anilines is 2. The molecule has 0 unspecified atom stereocenters. The van der Waals surface area contributed by atoms with Gasteiger partial charge in [-0.05, 0) is 29.8 Å². The molecular formula is C14H17N3O3S. The zero-order chi connectivity index (χ0) is 15.5. The minimum atomic E-state index is -3.83. The molecule has 2 aromatic rings. The molecule has 7 heteroatoms. The highest BCUT2D eigenvalue weighted by Gasteiger charge is 2.14. The number of nitrogens with two attached hydrogens (primary N) is 2. The number of ether oxygens (including phenoxy) is 1. The third-order valence-electron chi connectivity index (χ3n) is 2.99. The maximum absolute atomic E-state index is 11.4. The second-order valence-electron chi connectivity index (χ2n) is 4.47. The van der Waals surface area contributed by atoms with Gasteiger partial charge >= 0.3 is 0 Å². The number of primary sulfonamides is 1. The third-order valence-corrected chi connectivity index (χ3v) is 3.96. The van der Waals surface area contributed by atoms with Crippen LogP contribution < -0.4 is 20.9 Å². The van der Waals surface area contributed by atoms with Gasteiger partial charge in [0.1, 0.15) is 10.6 Å². The van der Waals surface area contributed by atoms with Crippen LogP contribution >= 0.6 is 0 Å². The van der Waals surface area contributed by atoms with Gasteiger partial charge in [-0.2, -0.15) is 0 Å². The van der Waals surface area contributed by atoms with Gasteiger partial charge in [0, 0.05) is 6.54 Å². The van der Waals surface area contributed by atoms with Crippen LogP contribution in [0.2, 0.25) is 0 Å². The Kier molecular flexibility index (Phi) is 4.35. The summed E-state index contributed by atoms with van der Waals surface area (Å²) >= 11 is 0. The molecule has 0 atom stereocenters. The van der Waals surface area contributed by atoms with Crippen LogP contribution in [0.15, 0.2) is 47.4 Å². The van der Waals surface area contributed by atoms with Crippen LogP contribution in [0, 0.1) is 0 Å². The number of benzene rings is 2. The van der Waals surface area contributed by atoms with Gasteiger partial charge in [0.2, 0.25) is 10.0 Å². The molecule has 0 spiro atoms. The molecular weight excluding hydrogens is 290 g/mol. The van der Waals surface area contributed by atoms with Gasteiger partial charge in [-0.1, -0.05) is 18.2 Å². The van der Waals surface area contributed by atoms with Gasteiger partial charge < -0.3 is 15.8 Å². The minimum absolute atomic E-state index is 0.0851. The third kappa shape index (κ3) is 3.65. The van der Waals surface area contributed by atoms with E-state index in [1.165, 1.54) is 6.07 Å². The minimum Gasteiger partial charge on any atom is -0.497 e. The van der Waals surface area contributed by atoms with E-state index in [4.69, 9.17) is 15.6 Å². The Balaban J connectivity index is 2.21. The fourth-order valence-corrected chi connectivity index (χ4v) is 2.61. The summed E-state index contributed by atoms with van der Waals surface area (Å²) in [5, 5.41) is 8.21. The molecule has 0 bridgehead atoms. The number of methoxy groups -OCH3 is 1. The van der Waals surface area contributed by atoms with Gasteiger partial charge in [-0.3, -0.25) is 0 Å². The summed E-state index contributed by atoms with van der Waals surface area (Å²) in [5.74, 6) is 0.751. The molecule has 2 rings (SSSR count). The number of nitrogen functional groups attached to an aromatic ring is 1. The monoisotopic (exact) mass is 307 g/mol. The summed E-state index contributed by atoms with van der Waals surface area (Å²) in [4.78, 5) is -0.0851. The van der Waals surface area contributed by atoms with E-state index in [0.29, 0.717) is 12.2 Å². The molecule has 6 nitrogen and oxygen atoms in total. The fourth-order valence-electron chi connectivity index (χ4n) is 1.93. The topological polar surface area (TPSA) is 107 Å². The molecule has 0 amide bonds. The van der Waals surface area contributed by atoms with E-state index < -0.39 is 10.0 Å². The molecule has 0 aromatic heterocycles. The van der Waals surface area contributed by atoms with Crippen molar-refractivity contribution in [3.8, 4) is 5.75 Å². The van der Waals surface area contributed by atoms with Gasteiger partial charge in [0.05, 0.1) is 18.5 Å². The lowest BCUT2D eigenvalue weighted by Crippen LogP contribution is -2.15. The van der Waals surface area contributed by atoms with Crippen molar-refractivity contribution in [3.05, 3.63) is 48.0 Å². The van der Waals surface area contributed by atoms with E-state index in [9.17, 15) is 8.42 Å². The van der Waals surface area contributed by atoms with E-state index in [1.807, 2.05) is 24.3 Å². The van der Waals surface area contributed by atoms with Crippen molar-refractivity contribution >= 4 is 21.4 Å². The molecule has 112 valence electrons. The number of rotatable bonds is 5. The summed E-state index contributed by atoms with van der Waals surface area (Å²) in [5.41, 5.74) is 7.46. The maximum atomic E-state index is 11.4. The van der Waals surface area contributed by atoms with Gasteiger partial charge in [-0.15, -0.1) is 0 Å². The van der Waals surface area contributed by atoms with E-state index in [2.05, 4.69) is 5.32 Å². The van der Waals surface area contributed by atoms with Crippen LogP contribution in [0.5, 0.6) is 5.75 Å². The van der Waals surface area contributed by atoms with Crippen molar-refractivity contribution in [2.45, 2.75) is 11.4 Å². The van der Waals surface area contributed by atoms with Crippen LogP contribution in [0.1, 0.15) is 5.56 Å². The molecule has 0 saturated heterocycles. The molecule has 0 aliphatic rings. The normalized spacial score (nSPS) is 11.1. The first-order valence-electron chi connectivity index (χ1n) is 6.20. The Morgan fingerprint density at radius 1 is 1.19 bits per heavy atom. The summed E-state index contributed by atoms with van der Waals surface area (Å²) < 4.78 is 28.0. The van der Waals surface area contributed by atoms with Gasteiger partial charge in [0.25, 0.3) is 0 Å². The zero-order valence-electron chi connectivity index (χ0n) is 11.5. The molecule has 0 radical (unpaired) electrons. The Bertz CT molecular complexity index is 745. The molecule has 0 aliphatic carbocycles. The Morgan fingerprint density at radius 2 is 1.90 bits per heavy atom. The highest BCUT2D eigenvalue weighted by atomic mass is 32.2. The van der Waals surface area contributed by atoms with Crippen molar-refractivity contribution in [1.82, 2.24) is 0 Å². The summed E-state index contributed by atoms with van der Waals surface area (Å²) in [6.07, 6.45) is 0. The molecule has 5 N–H and O–H groups in total. The number of hydrogen-bond acceptors (Lipinski definition) is 5. The SMILES string of the molecule is COc1cccc(CNc2cccc(S(N)(=O)=O)c2N)c1. The lowest BCUT2D eigenvalue weighted by molar-refractivity contribution is 0.414. The highest BCUT2D eigenvalue weighted by Crippen LogP contribution is 2.26. The fraction of sp³-hybridized carbons (Fsp3) is 0.143. The highest BCUT2D eigenvalue weighted by molar-refractivity contribution is 7.89. The number of hydrogen-bond donors (Lipinski definition) is 3. The second kappa shape index (κ2) is 6.02. The van der Waals surface area contributed by atoms with Crippen LogP contribution in [0.4, 0.5) is 11.4 Å². The molecule has 0 heterocycles. The van der Waals surface area contributed by atoms with Crippen molar-refractivity contribution in [2.24, 2.45) is 5.14 Å². The zero-order valence-corrected chi connectivity index (χ0v) is 12.4. The molecule has 0 fully saturated rings. The van der Waals surface area contributed by atoms with Crippen molar-refractivity contribution in [1.29, 1.82) is 0 Å². The number of para-hydroxylation sites is 1. The smallest absolute Gasteiger partial charge is 0.240 e. The number of sulfonamides is 1. The van der Waals surface area contributed by atoms with Crippen molar-refractivity contribution in [2.75, 3.05) is 18.2 Å². The molecule has 2 aromatic carbocycles. The molecule has 21 heavy (non-hydrogen) atoms. The lowest BCUT2D eigenvalue weighted by Gasteiger charge is -2.12. The van der Waals surface area contributed by atoms with E-state index >= 15 is 0 Å². The largest absolute Gasteiger partial charge is 0.497 e. The average molecular weight is 307 g/mol. The Labute approximate surface area is 123 Å². The van der Waals surface area contributed by atoms with Crippen LogP contribution in [0.3, 0.4) is 0 Å². The first-order valence-corrected chi connectivity index (χ1v) is 7.74. The Hall–Kier alpha value is -2.25. The molecule has 0 aliphatic heterocycles. The van der Waals surface area contributed by atoms with E-state index in [-0.39, 0.29) is 10.6 Å². The first-order chi connectivity index (χ1) is 9.91. The van der Waals surface area contributed by atoms with Gasteiger partial charge in [0.15, 0.2) is 0 Å².